The Balaban J connectivity index is 5.23. The van der Waals surface area contributed by atoms with Crippen molar-refractivity contribution >= 4 is 39.5 Å². The van der Waals surface area contributed by atoms with E-state index in [9.17, 15) is 43.2 Å². The molecule has 0 heterocycles. The van der Waals surface area contributed by atoms with E-state index in [0.717, 1.165) is 102 Å². The normalized spacial score (nSPS) is 14.4. The lowest BCUT2D eigenvalue weighted by molar-refractivity contribution is -0.161. The van der Waals surface area contributed by atoms with Crippen molar-refractivity contribution in [2.75, 3.05) is 39.6 Å². The zero-order chi connectivity index (χ0) is 68.0. The van der Waals surface area contributed by atoms with E-state index in [1.165, 1.54) is 173 Å². The van der Waals surface area contributed by atoms with Crippen molar-refractivity contribution in [3.05, 3.63) is 0 Å². The van der Waals surface area contributed by atoms with Crippen molar-refractivity contribution in [1.82, 2.24) is 0 Å². The van der Waals surface area contributed by atoms with Gasteiger partial charge in [0.1, 0.15) is 19.3 Å². The molecule has 0 aliphatic rings. The Morgan fingerprint density at radius 2 is 0.554 bits per heavy atom. The van der Waals surface area contributed by atoms with Crippen LogP contribution in [0.5, 0.6) is 0 Å². The Bertz CT molecular complexity index is 1800. The van der Waals surface area contributed by atoms with E-state index in [1.807, 2.05) is 0 Å². The molecular formula is C73H142O17P2. The average Bonchev–Trinajstić information content (AvgIpc) is 2.38. The first kappa shape index (κ1) is 90.1. The van der Waals surface area contributed by atoms with Crippen molar-refractivity contribution in [2.45, 2.75) is 388 Å². The highest BCUT2D eigenvalue weighted by molar-refractivity contribution is 7.47. The minimum atomic E-state index is -4.96. The summed E-state index contributed by atoms with van der Waals surface area (Å²) in [6.07, 6.45) is 48.7. The molecule has 0 saturated heterocycles. The van der Waals surface area contributed by atoms with E-state index in [0.29, 0.717) is 37.5 Å². The fourth-order valence-electron chi connectivity index (χ4n) is 11.0. The van der Waals surface area contributed by atoms with Gasteiger partial charge in [-0.1, -0.05) is 318 Å². The molecule has 546 valence electrons. The first-order valence-corrected chi connectivity index (χ1v) is 40.9. The number of phosphoric ester groups is 2. The first-order chi connectivity index (χ1) is 44.3. The molecule has 0 aromatic heterocycles. The summed E-state index contributed by atoms with van der Waals surface area (Å²) in [5, 5.41) is 10.6. The molecule has 3 unspecified atom stereocenters. The lowest BCUT2D eigenvalue weighted by atomic mass is 9.99. The number of aliphatic hydroxyl groups is 1. The molecule has 19 heteroatoms. The van der Waals surface area contributed by atoms with Gasteiger partial charge in [-0.15, -0.1) is 0 Å². The Morgan fingerprint density at radius 1 is 0.315 bits per heavy atom. The number of esters is 4. The molecule has 0 bridgehead atoms. The Kier molecular flexibility index (Phi) is 62.4. The van der Waals surface area contributed by atoms with Gasteiger partial charge in [0.05, 0.1) is 26.4 Å². The molecule has 17 nitrogen and oxygen atoms in total. The average molecular weight is 1350 g/mol. The molecule has 6 atom stereocenters. The van der Waals surface area contributed by atoms with Crippen LogP contribution in [0.4, 0.5) is 0 Å². The second kappa shape index (κ2) is 63.8. The minimum Gasteiger partial charge on any atom is -0.462 e. The number of unbranched alkanes of at least 4 members (excludes halogenated alkanes) is 38. The number of carbonyl (C=O) groups excluding carboxylic acids is 4. The molecule has 0 aromatic carbocycles. The largest absolute Gasteiger partial charge is 0.472 e. The van der Waals surface area contributed by atoms with Crippen LogP contribution in [-0.2, 0) is 65.4 Å². The predicted molar refractivity (Wildman–Crippen MR) is 372 cm³/mol. The second-order valence-corrected chi connectivity index (χ2v) is 30.4. The van der Waals surface area contributed by atoms with E-state index in [1.54, 1.807) is 0 Å². The maximum Gasteiger partial charge on any atom is 0.472 e. The van der Waals surface area contributed by atoms with Gasteiger partial charge < -0.3 is 33.8 Å². The topological polar surface area (TPSA) is 237 Å². The van der Waals surface area contributed by atoms with Crippen molar-refractivity contribution in [3.8, 4) is 0 Å². The van der Waals surface area contributed by atoms with Crippen LogP contribution in [0.15, 0.2) is 0 Å². The van der Waals surface area contributed by atoms with Gasteiger partial charge in [0.2, 0.25) is 0 Å². The van der Waals surface area contributed by atoms with Crippen molar-refractivity contribution in [3.63, 3.8) is 0 Å². The minimum absolute atomic E-state index is 0.103. The molecule has 3 N–H and O–H groups in total. The quantitative estimate of drug-likeness (QED) is 0.0222. The third kappa shape index (κ3) is 65.4. The highest BCUT2D eigenvalue weighted by atomic mass is 31.2. The number of aliphatic hydroxyl groups excluding tert-OH is 1. The van der Waals surface area contributed by atoms with Gasteiger partial charge in [0.15, 0.2) is 12.2 Å². The van der Waals surface area contributed by atoms with Crippen molar-refractivity contribution in [1.29, 1.82) is 0 Å². The Morgan fingerprint density at radius 3 is 0.826 bits per heavy atom. The van der Waals surface area contributed by atoms with Crippen LogP contribution in [0.3, 0.4) is 0 Å². The monoisotopic (exact) mass is 1350 g/mol. The third-order valence-electron chi connectivity index (χ3n) is 17.2. The number of hydrogen-bond donors (Lipinski definition) is 3. The summed E-state index contributed by atoms with van der Waals surface area (Å²) in [7, 11) is -9.91. The predicted octanol–water partition coefficient (Wildman–Crippen LogP) is 21.0. The molecule has 0 radical (unpaired) electrons. The number of rotatable bonds is 71. The number of carbonyl (C=O) groups is 4. The molecule has 0 aliphatic heterocycles. The molecule has 0 aromatic rings. The lowest BCUT2D eigenvalue weighted by Crippen LogP contribution is -2.30. The van der Waals surface area contributed by atoms with Gasteiger partial charge >= 0.3 is 39.5 Å². The van der Waals surface area contributed by atoms with Gasteiger partial charge in [-0.25, -0.2) is 9.13 Å². The summed E-state index contributed by atoms with van der Waals surface area (Å²) >= 11 is 0. The number of ether oxygens (including phenoxy) is 4. The summed E-state index contributed by atoms with van der Waals surface area (Å²) in [5.41, 5.74) is 0. The van der Waals surface area contributed by atoms with E-state index in [4.69, 9.17) is 37.0 Å². The molecular weight excluding hydrogens is 1210 g/mol. The molecule has 0 fully saturated rings. The van der Waals surface area contributed by atoms with Gasteiger partial charge in [0, 0.05) is 25.7 Å². The zero-order valence-corrected chi connectivity index (χ0v) is 61.8. The fraction of sp³-hybridized carbons (Fsp3) is 0.945. The van der Waals surface area contributed by atoms with E-state index in [-0.39, 0.29) is 25.7 Å². The summed E-state index contributed by atoms with van der Waals surface area (Å²) in [6, 6.07) is 0. The number of phosphoric acid groups is 2. The first-order valence-electron chi connectivity index (χ1n) is 37.9. The zero-order valence-electron chi connectivity index (χ0n) is 60.0. The third-order valence-corrected chi connectivity index (χ3v) is 19.1. The smallest absolute Gasteiger partial charge is 0.462 e. The van der Waals surface area contributed by atoms with E-state index in [2.05, 4.69) is 48.5 Å². The standard InChI is InChI=1S/C73H142O17P2/c1-8-10-11-12-13-14-15-16-17-18-19-20-21-22-27-34-42-49-56-72(77)89-68(60-83-70(75)54-47-40-33-26-24-23-25-32-39-46-53-66(7)9-2)62-87-91(79,80)85-58-67(74)59-86-92(81,82)88-63-69(90-73(78)57-50-43-36-29-31-38-45-52-65(5)6)61-84-71(76)55-48-41-35-28-30-37-44-51-64(3)4/h64-69,74H,8-63H2,1-7H3,(H,79,80)(H,81,82)/t66?,67-,68-,69-/m1/s1. The van der Waals surface area contributed by atoms with Gasteiger partial charge in [0.25, 0.3) is 0 Å². The lowest BCUT2D eigenvalue weighted by Gasteiger charge is -2.21. The highest BCUT2D eigenvalue weighted by Crippen LogP contribution is 2.45. The van der Waals surface area contributed by atoms with E-state index < -0.39 is 97.5 Å². The van der Waals surface area contributed by atoms with E-state index >= 15 is 0 Å². The summed E-state index contributed by atoms with van der Waals surface area (Å²) in [6.45, 7) is 11.8. The van der Waals surface area contributed by atoms with Crippen LogP contribution < -0.4 is 0 Å². The summed E-state index contributed by atoms with van der Waals surface area (Å²) in [5.74, 6) is 0.0849. The SMILES string of the molecule is CCCCCCCCCCCCCCCCCCCCC(=O)O[C@H](COC(=O)CCCCCCCCCCCCC(C)CC)COP(=O)(O)OC[C@@H](O)COP(=O)(O)OC[C@@H](COC(=O)CCCCCCCCCC(C)C)OC(=O)CCCCCCCCCC(C)C. The fourth-order valence-corrected chi connectivity index (χ4v) is 12.6. The highest BCUT2D eigenvalue weighted by Gasteiger charge is 2.30. The molecule has 92 heavy (non-hydrogen) atoms. The van der Waals surface area contributed by atoms with Crippen LogP contribution in [0.2, 0.25) is 0 Å². The van der Waals surface area contributed by atoms with Crippen LogP contribution in [0.1, 0.15) is 370 Å². The van der Waals surface area contributed by atoms with Crippen molar-refractivity contribution in [2.24, 2.45) is 17.8 Å². The number of hydrogen-bond acceptors (Lipinski definition) is 15. The van der Waals surface area contributed by atoms with Crippen LogP contribution >= 0.6 is 15.6 Å². The molecule has 0 saturated carbocycles. The van der Waals surface area contributed by atoms with Gasteiger partial charge in [-0.2, -0.15) is 0 Å². The Hall–Kier alpha value is -1.94. The second-order valence-electron chi connectivity index (χ2n) is 27.5. The summed E-state index contributed by atoms with van der Waals surface area (Å²) < 4.78 is 68.4. The maximum absolute atomic E-state index is 13.1. The maximum atomic E-state index is 13.1. The molecule has 0 spiro atoms. The van der Waals surface area contributed by atoms with Gasteiger partial charge in [-0.05, 0) is 43.4 Å². The molecule has 0 aliphatic carbocycles. The van der Waals surface area contributed by atoms with Crippen LogP contribution in [0.25, 0.3) is 0 Å². The summed E-state index contributed by atoms with van der Waals surface area (Å²) in [4.78, 5) is 72.6. The van der Waals surface area contributed by atoms with Gasteiger partial charge in [-0.3, -0.25) is 37.3 Å². The Labute approximate surface area is 562 Å². The van der Waals surface area contributed by atoms with Crippen molar-refractivity contribution < 1.29 is 80.2 Å². The molecule has 0 amide bonds. The van der Waals surface area contributed by atoms with Crippen LogP contribution in [-0.4, -0.2) is 96.7 Å². The van der Waals surface area contributed by atoms with Crippen LogP contribution in [0, 0.1) is 17.8 Å². The molecule has 0 rings (SSSR count).